The molecule has 1 amide bonds. The first kappa shape index (κ1) is 12.6. The van der Waals surface area contributed by atoms with E-state index in [0.717, 1.165) is 13.0 Å². The van der Waals surface area contributed by atoms with Crippen molar-refractivity contribution in [3.63, 3.8) is 0 Å². The highest BCUT2D eigenvalue weighted by Crippen LogP contribution is 2.12. The van der Waals surface area contributed by atoms with Gasteiger partial charge in [0.1, 0.15) is 0 Å². The van der Waals surface area contributed by atoms with Gasteiger partial charge >= 0.3 is 0 Å². The third kappa shape index (κ3) is 3.30. The van der Waals surface area contributed by atoms with E-state index in [1.54, 1.807) is 18.5 Å². The van der Waals surface area contributed by atoms with Crippen molar-refractivity contribution in [3.8, 4) is 0 Å². The van der Waals surface area contributed by atoms with Gasteiger partial charge in [-0.25, -0.2) is 0 Å². The minimum atomic E-state index is -0.200. The lowest BCUT2D eigenvalue weighted by Crippen LogP contribution is -2.25. The summed E-state index contributed by atoms with van der Waals surface area (Å²) in [5, 5.41) is 7.29. The predicted octanol–water partition coefficient (Wildman–Crippen LogP) is 1.75. The Morgan fingerprint density at radius 2 is 2.33 bits per heavy atom. The van der Waals surface area contributed by atoms with Crippen LogP contribution in [0.1, 0.15) is 16.8 Å². The van der Waals surface area contributed by atoms with Gasteiger partial charge in [0, 0.05) is 37.9 Å². The quantitative estimate of drug-likeness (QED) is 0.837. The molecule has 94 valence electrons. The lowest BCUT2D eigenvalue weighted by molar-refractivity contribution is 0.0952. The first-order valence-electron chi connectivity index (χ1n) is 5.62. The van der Waals surface area contributed by atoms with Crippen molar-refractivity contribution in [2.24, 2.45) is 0 Å². The number of aryl methyl sites for hydroxylation is 1. The highest BCUT2D eigenvalue weighted by atomic mass is 35.5. The third-order valence-electron chi connectivity index (χ3n) is 2.42. The monoisotopic (exact) mass is 264 g/mol. The van der Waals surface area contributed by atoms with Gasteiger partial charge in [0.05, 0.1) is 10.6 Å². The lowest BCUT2D eigenvalue weighted by atomic mass is 10.2. The van der Waals surface area contributed by atoms with Crippen LogP contribution in [0.4, 0.5) is 0 Å². The number of pyridine rings is 1. The molecular weight excluding hydrogens is 252 g/mol. The van der Waals surface area contributed by atoms with Gasteiger partial charge in [0.25, 0.3) is 5.91 Å². The van der Waals surface area contributed by atoms with Crippen molar-refractivity contribution in [2.75, 3.05) is 6.54 Å². The molecule has 0 saturated carbocycles. The molecule has 0 spiro atoms. The summed E-state index contributed by atoms with van der Waals surface area (Å²) in [7, 11) is 0. The molecule has 2 aromatic rings. The van der Waals surface area contributed by atoms with Crippen LogP contribution in [0.25, 0.3) is 0 Å². The van der Waals surface area contributed by atoms with Crippen molar-refractivity contribution < 1.29 is 4.79 Å². The fraction of sp³-hybridized carbons (Fsp3) is 0.250. The zero-order chi connectivity index (χ0) is 12.8. The number of hydrogen-bond acceptors (Lipinski definition) is 3. The molecule has 0 aliphatic rings. The molecular formula is C12H13ClN4O. The average molecular weight is 265 g/mol. The Morgan fingerprint density at radius 1 is 1.44 bits per heavy atom. The number of amides is 1. The summed E-state index contributed by atoms with van der Waals surface area (Å²) in [5.74, 6) is -0.200. The molecule has 0 aromatic carbocycles. The van der Waals surface area contributed by atoms with Crippen LogP contribution in [0.5, 0.6) is 0 Å². The average Bonchev–Trinajstić information content (AvgIpc) is 2.88. The van der Waals surface area contributed by atoms with E-state index in [1.807, 2.05) is 16.9 Å². The molecule has 0 atom stereocenters. The van der Waals surface area contributed by atoms with Gasteiger partial charge in [-0.15, -0.1) is 0 Å². The molecule has 2 heterocycles. The summed E-state index contributed by atoms with van der Waals surface area (Å²) in [6, 6.07) is 3.47. The topological polar surface area (TPSA) is 59.8 Å². The normalized spacial score (nSPS) is 10.3. The molecule has 0 aliphatic carbocycles. The highest BCUT2D eigenvalue weighted by Gasteiger charge is 2.08. The minimum absolute atomic E-state index is 0.200. The summed E-state index contributed by atoms with van der Waals surface area (Å²) in [6.45, 7) is 1.35. The number of aromatic nitrogens is 3. The highest BCUT2D eigenvalue weighted by molar-refractivity contribution is 6.33. The summed E-state index contributed by atoms with van der Waals surface area (Å²) >= 11 is 5.90. The molecule has 2 rings (SSSR count). The summed E-state index contributed by atoms with van der Waals surface area (Å²) in [6.07, 6.45) is 7.45. The molecule has 0 aliphatic heterocycles. The van der Waals surface area contributed by atoms with Crippen LogP contribution in [0.2, 0.25) is 5.02 Å². The molecule has 1 N–H and O–H groups in total. The fourth-order valence-corrected chi connectivity index (χ4v) is 1.71. The van der Waals surface area contributed by atoms with Crippen LogP contribution < -0.4 is 5.32 Å². The van der Waals surface area contributed by atoms with Crippen LogP contribution in [-0.4, -0.2) is 27.2 Å². The van der Waals surface area contributed by atoms with Crippen molar-refractivity contribution in [2.45, 2.75) is 13.0 Å². The van der Waals surface area contributed by atoms with Gasteiger partial charge in [-0.05, 0) is 18.6 Å². The lowest BCUT2D eigenvalue weighted by Gasteiger charge is -2.06. The minimum Gasteiger partial charge on any atom is -0.352 e. The Bertz CT molecular complexity index is 513. The largest absolute Gasteiger partial charge is 0.352 e. The van der Waals surface area contributed by atoms with Gasteiger partial charge < -0.3 is 5.32 Å². The number of nitrogens with zero attached hydrogens (tertiary/aromatic N) is 3. The Kier molecular flexibility index (Phi) is 4.30. The second-order valence-electron chi connectivity index (χ2n) is 3.73. The molecule has 6 heteroatoms. The van der Waals surface area contributed by atoms with E-state index >= 15 is 0 Å². The molecule has 0 unspecified atom stereocenters. The molecule has 0 bridgehead atoms. The van der Waals surface area contributed by atoms with Crippen LogP contribution >= 0.6 is 11.6 Å². The maximum Gasteiger partial charge on any atom is 0.254 e. The van der Waals surface area contributed by atoms with E-state index in [2.05, 4.69) is 15.4 Å². The van der Waals surface area contributed by atoms with E-state index < -0.39 is 0 Å². The van der Waals surface area contributed by atoms with E-state index in [-0.39, 0.29) is 5.91 Å². The van der Waals surface area contributed by atoms with E-state index in [1.165, 1.54) is 6.20 Å². The predicted molar refractivity (Wildman–Crippen MR) is 68.4 cm³/mol. The fourth-order valence-electron chi connectivity index (χ4n) is 1.52. The zero-order valence-corrected chi connectivity index (χ0v) is 10.5. The maximum absolute atomic E-state index is 11.8. The second kappa shape index (κ2) is 6.16. The molecule has 0 saturated heterocycles. The summed E-state index contributed by atoms with van der Waals surface area (Å²) < 4.78 is 1.82. The number of rotatable bonds is 5. The van der Waals surface area contributed by atoms with Crippen molar-refractivity contribution in [1.29, 1.82) is 0 Å². The smallest absolute Gasteiger partial charge is 0.254 e. The maximum atomic E-state index is 11.8. The first-order valence-corrected chi connectivity index (χ1v) is 6.00. The molecule has 0 radical (unpaired) electrons. The number of nitrogens with one attached hydrogen (secondary N) is 1. The van der Waals surface area contributed by atoms with E-state index in [0.29, 0.717) is 17.1 Å². The van der Waals surface area contributed by atoms with E-state index in [9.17, 15) is 4.79 Å². The molecule has 18 heavy (non-hydrogen) atoms. The number of hydrogen-bond donors (Lipinski definition) is 1. The van der Waals surface area contributed by atoms with Gasteiger partial charge in [-0.1, -0.05) is 11.6 Å². The number of carbonyl (C=O) groups is 1. The third-order valence-corrected chi connectivity index (χ3v) is 2.75. The SMILES string of the molecule is O=C(NCCCn1cccn1)c1cnccc1Cl. The van der Waals surface area contributed by atoms with Crippen LogP contribution in [-0.2, 0) is 6.54 Å². The Morgan fingerprint density at radius 3 is 3.06 bits per heavy atom. The van der Waals surface area contributed by atoms with Crippen molar-refractivity contribution >= 4 is 17.5 Å². The number of halogens is 1. The molecule has 0 fully saturated rings. The molecule has 2 aromatic heterocycles. The molecule has 5 nitrogen and oxygen atoms in total. The number of carbonyl (C=O) groups excluding carboxylic acids is 1. The van der Waals surface area contributed by atoms with Gasteiger partial charge in [-0.2, -0.15) is 5.10 Å². The van der Waals surface area contributed by atoms with Crippen LogP contribution in [0.15, 0.2) is 36.9 Å². The van der Waals surface area contributed by atoms with Crippen molar-refractivity contribution in [3.05, 3.63) is 47.5 Å². The Balaban J connectivity index is 1.77. The Hall–Kier alpha value is -1.88. The van der Waals surface area contributed by atoms with E-state index in [4.69, 9.17) is 11.6 Å². The summed E-state index contributed by atoms with van der Waals surface area (Å²) in [4.78, 5) is 15.6. The Labute approximate surface area is 110 Å². The van der Waals surface area contributed by atoms with Crippen LogP contribution in [0, 0.1) is 0 Å². The van der Waals surface area contributed by atoms with Gasteiger partial charge in [0.2, 0.25) is 0 Å². The first-order chi connectivity index (χ1) is 8.77. The zero-order valence-electron chi connectivity index (χ0n) is 9.71. The van der Waals surface area contributed by atoms with Gasteiger partial charge in [-0.3, -0.25) is 14.5 Å². The summed E-state index contributed by atoms with van der Waals surface area (Å²) in [5.41, 5.74) is 0.401. The van der Waals surface area contributed by atoms with Gasteiger partial charge in [0.15, 0.2) is 0 Å². The second-order valence-corrected chi connectivity index (χ2v) is 4.14. The standard InChI is InChI=1S/C12H13ClN4O/c13-11-3-6-14-9-10(11)12(18)15-4-1-7-17-8-2-5-16-17/h2-3,5-6,8-9H,1,4,7H2,(H,15,18). The van der Waals surface area contributed by atoms with Crippen LogP contribution in [0.3, 0.4) is 0 Å². The van der Waals surface area contributed by atoms with Crippen molar-refractivity contribution in [1.82, 2.24) is 20.1 Å².